The molecule has 0 spiro atoms. The Morgan fingerprint density at radius 3 is 2.74 bits per heavy atom. The molecule has 0 aliphatic heterocycles. The highest BCUT2D eigenvalue weighted by molar-refractivity contribution is 7.18. The second-order valence-electron chi connectivity index (χ2n) is 6.41. The van der Waals surface area contributed by atoms with Crippen LogP contribution in [0.25, 0.3) is 10.2 Å². The molecule has 142 valence electrons. The van der Waals surface area contributed by atoms with E-state index in [4.69, 9.17) is 9.47 Å². The van der Waals surface area contributed by atoms with Gasteiger partial charge in [-0.15, -0.1) is 11.3 Å². The Kier molecular flexibility index (Phi) is 5.60. The number of hydrogen-bond acceptors (Lipinski definition) is 6. The van der Waals surface area contributed by atoms with Crippen LogP contribution in [0.2, 0.25) is 0 Å². The third-order valence-corrected chi connectivity index (χ3v) is 5.51. The van der Waals surface area contributed by atoms with Gasteiger partial charge in [-0.1, -0.05) is 18.2 Å². The maximum absolute atomic E-state index is 12.3. The van der Waals surface area contributed by atoms with Crippen LogP contribution < -0.4 is 10.3 Å². The number of aryl methyl sites for hydroxylation is 3. The van der Waals surface area contributed by atoms with Crippen LogP contribution in [-0.2, 0) is 9.53 Å². The molecule has 6 nitrogen and oxygen atoms in total. The second-order valence-corrected chi connectivity index (χ2v) is 7.61. The van der Waals surface area contributed by atoms with Gasteiger partial charge in [0.25, 0.3) is 5.56 Å². The Morgan fingerprint density at radius 1 is 1.26 bits per heavy atom. The highest BCUT2D eigenvalue weighted by Gasteiger charge is 2.18. The van der Waals surface area contributed by atoms with E-state index in [1.165, 1.54) is 11.3 Å². The second kappa shape index (κ2) is 7.92. The molecule has 1 N–H and O–H groups in total. The van der Waals surface area contributed by atoms with Crippen molar-refractivity contribution in [3.8, 4) is 5.75 Å². The van der Waals surface area contributed by atoms with Gasteiger partial charge in [-0.2, -0.15) is 0 Å². The van der Waals surface area contributed by atoms with Crippen LogP contribution in [0.15, 0.2) is 29.1 Å². The van der Waals surface area contributed by atoms with Crippen LogP contribution in [0.3, 0.4) is 0 Å². The van der Waals surface area contributed by atoms with Gasteiger partial charge >= 0.3 is 5.97 Å². The number of esters is 1. The Labute approximate surface area is 161 Å². The summed E-state index contributed by atoms with van der Waals surface area (Å²) >= 11 is 1.46. The first-order valence-corrected chi connectivity index (χ1v) is 9.56. The number of nitrogens with zero attached hydrogens (tertiary/aromatic N) is 1. The van der Waals surface area contributed by atoms with Crippen molar-refractivity contribution in [2.45, 2.75) is 40.2 Å². The number of hydrogen-bond donors (Lipinski definition) is 1. The number of nitrogens with one attached hydrogen (secondary N) is 1. The zero-order valence-electron chi connectivity index (χ0n) is 15.8. The van der Waals surface area contributed by atoms with Crippen LogP contribution in [0.1, 0.15) is 41.3 Å². The number of carbonyl (C=O) groups is 1. The zero-order valence-corrected chi connectivity index (χ0v) is 16.6. The predicted molar refractivity (Wildman–Crippen MR) is 106 cm³/mol. The minimum atomic E-state index is -0.643. The molecule has 3 aromatic rings. The van der Waals surface area contributed by atoms with E-state index in [0.717, 1.165) is 21.8 Å². The van der Waals surface area contributed by atoms with Gasteiger partial charge in [-0.05, 0) is 44.9 Å². The van der Waals surface area contributed by atoms with Crippen LogP contribution >= 0.6 is 11.3 Å². The minimum Gasteiger partial charge on any atom is -0.493 e. The lowest BCUT2D eigenvalue weighted by atomic mass is 10.2. The van der Waals surface area contributed by atoms with Gasteiger partial charge in [-0.3, -0.25) is 9.59 Å². The van der Waals surface area contributed by atoms with Crippen molar-refractivity contribution in [1.29, 1.82) is 0 Å². The van der Waals surface area contributed by atoms with Gasteiger partial charge in [0.15, 0.2) is 11.9 Å². The lowest BCUT2D eigenvalue weighted by molar-refractivity contribution is -0.149. The van der Waals surface area contributed by atoms with E-state index in [9.17, 15) is 9.59 Å². The number of rotatable bonds is 6. The van der Waals surface area contributed by atoms with Gasteiger partial charge in [-0.25, -0.2) is 4.98 Å². The monoisotopic (exact) mass is 386 g/mol. The fourth-order valence-electron chi connectivity index (χ4n) is 2.74. The molecular formula is C20H22N2O4S. The molecule has 27 heavy (non-hydrogen) atoms. The van der Waals surface area contributed by atoms with E-state index in [0.29, 0.717) is 16.0 Å². The maximum Gasteiger partial charge on any atom is 0.309 e. The molecule has 3 rings (SSSR count). The average Bonchev–Trinajstić information content (AvgIpc) is 2.91. The first kappa shape index (κ1) is 19.1. The molecule has 1 aromatic carbocycles. The molecule has 0 saturated carbocycles. The number of aromatic nitrogens is 2. The number of thiophene rings is 1. The van der Waals surface area contributed by atoms with Gasteiger partial charge in [0, 0.05) is 4.88 Å². The van der Waals surface area contributed by atoms with Crippen molar-refractivity contribution in [3.63, 3.8) is 0 Å². The van der Waals surface area contributed by atoms with Crippen LogP contribution in [0.5, 0.6) is 5.75 Å². The highest BCUT2D eigenvalue weighted by atomic mass is 32.1. The highest BCUT2D eigenvalue weighted by Crippen LogP contribution is 2.27. The molecule has 0 amide bonds. The number of aromatic amines is 1. The molecule has 0 aliphatic rings. The van der Waals surface area contributed by atoms with Crippen LogP contribution in [-0.4, -0.2) is 22.5 Å². The van der Waals surface area contributed by atoms with Gasteiger partial charge in [0.05, 0.1) is 18.4 Å². The smallest absolute Gasteiger partial charge is 0.309 e. The van der Waals surface area contributed by atoms with E-state index in [1.54, 1.807) is 6.92 Å². The molecule has 0 unspecified atom stereocenters. The Morgan fingerprint density at radius 2 is 2.00 bits per heavy atom. The summed E-state index contributed by atoms with van der Waals surface area (Å²) in [5, 5.41) is 0.603. The lowest BCUT2D eigenvalue weighted by Crippen LogP contribution is -2.18. The Hall–Kier alpha value is -2.67. The number of H-pyrrole nitrogens is 1. The molecule has 1 atom stereocenters. The Balaban J connectivity index is 1.62. The third-order valence-electron chi connectivity index (χ3n) is 4.41. The van der Waals surface area contributed by atoms with Crippen molar-refractivity contribution in [2.75, 3.05) is 6.61 Å². The topological polar surface area (TPSA) is 81.3 Å². The maximum atomic E-state index is 12.3. The standard InChI is InChI=1S/C20H22N2O4S/c1-11-7-5-6-8-15(11)25-10-9-16(23)26-13(3)18-21-19(24)17-12(2)14(4)27-20(17)22-18/h5-8,13H,9-10H2,1-4H3,(H,21,22,24)/t13-/m1/s1. The summed E-state index contributed by atoms with van der Waals surface area (Å²) < 4.78 is 11.0. The summed E-state index contributed by atoms with van der Waals surface area (Å²) in [4.78, 5) is 33.3. The zero-order chi connectivity index (χ0) is 19.6. The van der Waals surface area contributed by atoms with Crippen molar-refractivity contribution < 1.29 is 14.3 Å². The molecule has 2 aromatic heterocycles. The first-order valence-electron chi connectivity index (χ1n) is 8.74. The molecule has 2 heterocycles. The molecule has 7 heteroatoms. The SMILES string of the molecule is Cc1ccccc1OCCC(=O)O[C@H](C)c1nc2sc(C)c(C)c2c(=O)[nH]1. The molecule has 0 saturated heterocycles. The van der Waals surface area contributed by atoms with Crippen LogP contribution in [0, 0.1) is 20.8 Å². The lowest BCUT2D eigenvalue weighted by Gasteiger charge is -2.13. The predicted octanol–water partition coefficient (Wildman–Crippen LogP) is 3.98. The van der Waals surface area contributed by atoms with Crippen molar-refractivity contribution in [2.24, 2.45) is 0 Å². The molecule has 0 aliphatic carbocycles. The molecule has 0 fully saturated rings. The first-order chi connectivity index (χ1) is 12.9. The fraction of sp³-hybridized carbons (Fsp3) is 0.350. The van der Waals surface area contributed by atoms with Crippen molar-refractivity contribution in [1.82, 2.24) is 9.97 Å². The largest absolute Gasteiger partial charge is 0.493 e. The summed E-state index contributed by atoms with van der Waals surface area (Å²) in [6.07, 6.45) is -0.529. The van der Waals surface area contributed by atoms with Gasteiger partial charge in [0.1, 0.15) is 10.6 Å². The Bertz CT molecular complexity index is 1040. The van der Waals surface area contributed by atoms with E-state index < -0.39 is 12.1 Å². The molecular weight excluding hydrogens is 364 g/mol. The average molecular weight is 386 g/mol. The molecule has 0 bridgehead atoms. The normalized spacial score (nSPS) is 12.1. The quantitative estimate of drug-likeness (QED) is 0.648. The van der Waals surface area contributed by atoms with E-state index >= 15 is 0 Å². The summed E-state index contributed by atoms with van der Waals surface area (Å²) in [6.45, 7) is 7.73. The summed E-state index contributed by atoms with van der Waals surface area (Å²) in [6, 6.07) is 7.62. The summed E-state index contributed by atoms with van der Waals surface area (Å²) in [5.41, 5.74) is 1.74. The van der Waals surface area contributed by atoms with E-state index in [-0.39, 0.29) is 18.6 Å². The molecule has 0 radical (unpaired) electrons. The van der Waals surface area contributed by atoms with E-state index in [1.807, 2.05) is 45.0 Å². The minimum absolute atomic E-state index is 0.113. The third kappa shape index (κ3) is 4.19. The van der Waals surface area contributed by atoms with E-state index in [2.05, 4.69) is 9.97 Å². The summed E-state index contributed by atoms with van der Waals surface area (Å²) in [5.74, 6) is 0.692. The van der Waals surface area contributed by atoms with Crippen molar-refractivity contribution in [3.05, 3.63) is 56.4 Å². The van der Waals surface area contributed by atoms with Crippen LogP contribution in [0.4, 0.5) is 0 Å². The number of carbonyl (C=O) groups excluding carboxylic acids is 1. The fourth-order valence-corrected chi connectivity index (χ4v) is 3.78. The number of ether oxygens (including phenoxy) is 2. The van der Waals surface area contributed by atoms with Gasteiger partial charge in [0.2, 0.25) is 0 Å². The summed E-state index contributed by atoms with van der Waals surface area (Å²) in [7, 11) is 0. The van der Waals surface area contributed by atoms with Crippen molar-refractivity contribution >= 4 is 27.5 Å². The van der Waals surface area contributed by atoms with Gasteiger partial charge < -0.3 is 14.5 Å². The number of fused-ring (bicyclic) bond motifs is 1. The number of benzene rings is 1. The number of para-hydroxylation sites is 1.